The summed E-state index contributed by atoms with van der Waals surface area (Å²) in [5.74, 6) is -0.619. The van der Waals surface area contributed by atoms with Gasteiger partial charge in [-0.2, -0.15) is 0 Å². The lowest BCUT2D eigenvalue weighted by Crippen LogP contribution is -2.49. The number of hydrogen-bond acceptors (Lipinski definition) is 7. The fourth-order valence-corrected chi connectivity index (χ4v) is 4.86. The van der Waals surface area contributed by atoms with E-state index < -0.39 is 23.3 Å². The first-order valence-electron chi connectivity index (χ1n) is 13.9. The zero-order chi connectivity index (χ0) is 28.2. The maximum Gasteiger partial charge on any atom is 0.250 e. The van der Waals surface area contributed by atoms with Gasteiger partial charge in [-0.25, -0.2) is 18.7 Å². The number of hydrogen-bond donors (Lipinski definition) is 2. The van der Waals surface area contributed by atoms with Gasteiger partial charge >= 0.3 is 0 Å². The van der Waals surface area contributed by atoms with Gasteiger partial charge in [0.05, 0.1) is 29.3 Å². The molecule has 40 heavy (non-hydrogen) atoms. The van der Waals surface area contributed by atoms with E-state index in [1.54, 1.807) is 35.4 Å². The summed E-state index contributed by atoms with van der Waals surface area (Å²) < 4.78 is 39.6. The zero-order valence-corrected chi connectivity index (χ0v) is 22.7. The third kappa shape index (κ3) is 8.28. The van der Waals surface area contributed by atoms with E-state index in [0.29, 0.717) is 17.2 Å². The van der Waals surface area contributed by atoms with Crippen LogP contribution in [0.5, 0.6) is 0 Å². The minimum atomic E-state index is -0.973. The summed E-state index contributed by atoms with van der Waals surface area (Å²) in [6, 6.07) is 4.44. The first-order chi connectivity index (χ1) is 19.5. The molecule has 216 valence electrons. The second-order valence-electron chi connectivity index (χ2n) is 10.3. The van der Waals surface area contributed by atoms with E-state index in [0.717, 1.165) is 26.4 Å². The van der Waals surface area contributed by atoms with Gasteiger partial charge in [-0.3, -0.25) is 9.78 Å². The predicted molar refractivity (Wildman–Crippen MR) is 148 cm³/mol. The summed E-state index contributed by atoms with van der Waals surface area (Å²) in [6.45, 7) is 4.27. The highest BCUT2D eigenvalue weighted by molar-refractivity contribution is 5.92. The molecule has 3 N–H and O–H groups in total. The summed E-state index contributed by atoms with van der Waals surface area (Å²) in [7, 11) is 0. The van der Waals surface area contributed by atoms with Gasteiger partial charge in [0.25, 0.3) is 0 Å². The van der Waals surface area contributed by atoms with Crippen LogP contribution in [0.15, 0.2) is 49.2 Å². The molecule has 3 aliphatic rings. The lowest BCUT2D eigenvalue weighted by molar-refractivity contribution is 0.0962. The number of amides is 1. The lowest BCUT2D eigenvalue weighted by atomic mass is 9.65. The molecule has 0 aromatic carbocycles. The van der Waals surface area contributed by atoms with E-state index >= 15 is 0 Å². The molecule has 1 amide bonds. The van der Waals surface area contributed by atoms with Gasteiger partial charge in [-0.15, -0.1) is 0 Å². The summed E-state index contributed by atoms with van der Waals surface area (Å²) in [5, 5.41) is 3.06. The first-order valence-corrected chi connectivity index (χ1v) is 13.9. The van der Waals surface area contributed by atoms with Crippen molar-refractivity contribution >= 4 is 11.9 Å². The fraction of sp³-hybridized carbons (Fsp3) is 0.517. The molecular weight excluding hydrogens is 518 g/mol. The molecule has 6 rings (SSSR count). The van der Waals surface area contributed by atoms with Crippen molar-refractivity contribution in [3.8, 4) is 5.69 Å². The van der Waals surface area contributed by atoms with Crippen LogP contribution in [-0.2, 0) is 14.9 Å². The van der Waals surface area contributed by atoms with E-state index in [2.05, 4.69) is 20.3 Å². The Hall–Kier alpha value is -3.44. The summed E-state index contributed by atoms with van der Waals surface area (Å²) in [6.07, 6.45) is 15.2. The van der Waals surface area contributed by atoms with Crippen LogP contribution in [0.3, 0.4) is 0 Å². The molecule has 3 aromatic heterocycles. The maximum atomic E-state index is 14.2. The number of nitrogens with zero attached hydrogens (tertiary/aromatic N) is 4. The number of nitrogens with one attached hydrogen (secondary N) is 1. The minimum Gasteiger partial charge on any atom is -0.381 e. The zero-order valence-electron chi connectivity index (χ0n) is 22.7. The smallest absolute Gasteiger partial charge is 0.250 e. The Morgan fingerprint density at radius 3 is 2.08 bits per heavy atom. The summed E-state index contributed by atoms with van der Waals surface area (Å²) in [4.78, 5) is 23.8. The van der Waals surface area contributed by atoms with E-state index in [9.17, 15) is 13.6 Å². The Morgan fingerprint density at radius 1 is 1.00 bits per heavy atom. The van der Waals surface area contributed by atoms with Gasteiger partial charge in [0.2, 0.25) is 11.9 Å². The largest absolute Gasteiger partial charge is 0.381 e. The molecule has 0 atom stereocenters. The van der Waals surface area contributed by atoms with Crippen molar-refractivity contribution in [3.05, 3.63) is 66.3 Å². The highest BCUT2D eigenvalue weighted by Gasteiger charge is 2.48. The number of nitrogens with two attached hydrogens (primary N) is 1. The first kappa shape index (κ1) is 29.5. The van der Waals surface area contributed by atoms with Gasteiger partial charge in [0, 0.05) is 57.0 Å². The molecule has 0 bridgehead atoms. The van der Waals surface area contributed by atoms with Crippen molar-refractivity contribution in [2.75, 3.05) is 38.3 Å². The highest BCUT2D eigenvalue weighted by Crippen LogP contribution is 2.45. The molecular formula is C29H38F2N6O3. The molecule has 5 heterocycles. The van der Waals surface area contributed by atoms with Gasteiger partial charge in [-0.1, -0.05) is 0 Å². The number of ether oxygens (including phenoxy) is 2. The van der Waals surface area contributed by atoms with Crippen LogP contribution in [0.1, 0.15) is 67.4 Å². The maximum absolute atomic E-state index is 14.2. The Labute approximate surface area is 233 Å². The molecule has 0 spiro atoms. The highest BCUT2D eigenvalue weighted by atomic mass is 19.1. The predicted octanol–water partition coefficient (Wildman–Crippen LogP) is 4.76. The van der Waals surface area contributed by atoms with Gasteiger partial charge < -0.3 is 25.1 Å². The normalized spacial score (nSPS) is 22.0. The monoisotopic (exact) mass is 556 g/mol. The summed E-state index contributed by atoms with van der Waals surface area (Å²) >= 11 is 0. The third-order valence-corrected chi connectivity index (χ3v) is 7.14. The Kier molecular flexibility index (Phi) is 10.9. The SMILES string of the molecule is C1CCOCC1.C1CCOCC1.NC(=O)c1ccn(-c2cnc(NC[C@]3(c4ncccc4F)C[C@H](F)C3)nc2)c1. The summed E-state index contributed by atoms with van der Waals surface area (Å²) in [5.41, 5.74) is 5.82. The lowest BCUT2D eigenvalue weighted by Gasteiger charge is -2.43. The van der Waals surface area contributed by atoms with E-state index in [1.165, 1.54) is 56.9 Å². The number of halogens is 2. The van der Waals surface area contributed by atoms with Crippen LogP contribution in [0.4, 0.5) is 14.7 Å². The second-order valence-corrected chi connectivity index (χ2v) is 10.3. The van der Waals surface area contributed by atoms with Crippen molar-refractivity contribution in [1.82, 2.24) is 19.5 Å². The standard InChI is InChI=1S/C19H18F2N6O.2C5H10O/c20-13-6-19(7-13,16-15(21)2-1-4-23-16)11-26-18-24-8-14(9-25-18)27-5-3-12(10-27)17(22)28;2*1-2-4-6-5-3-1/h1-5,8-10,13H,6-7,11H2,(H2,22,28)(H,24,25,26);2*1-5H2/t13-,19-;;. The number of anilines is 1. The number of carbonyl (C=O) groups excluding carboxylic acids is 1. The Bertz CT molecular complexity index is 1160. The van der Waals surface area contributed by atoms with Crippen LogP contribution in [0.2, 0.25) is 0 Å². The van der Waals surface area contributed by atoms with Crippen molar-refractivity contribution < 1.29 is 23.0 Å². The Balaban J connectivity index is 0.000000253. The van der Waals surface area contributed by atoms with Gasteiger partial charge in [0.1, 0.15) is 12.0 Å². The molecule has 2 saturated heterocycles. The van der Waals surface area contributed by atoms with Crippen molar-refractivity contribution in [3.63, 3.8) is 0 Å². The average Bonchev–Trinajstić information content (AvgIpc) is 3.49. The number of alkyl halides is 1. The molecule has 1 saturated carbocycles. The fourth-order valence-electron chi connectivity index (χ4n) is 4.86. The number of primary amides is 1. The number of carbonyl (C=O) groups is 1. The Morgan fingerprint density at radius 2 is 1.62 bits per heavy atom. The molecule has 11 heteroatoms. The quantitative estimate of drug-likeness (QED) is 0.450. The minimum absolute atomic E-state index is 0.200. The van der Waals surface area contributed by atoms with E-state index in [-0.39, 0.29) is 25.1 Å². The van der Waals surface area contributed by atoms with Crippen molar-refractivity contribution in [2.45, 2.75) is 63.0 Å². The van der Waals surface area contributed by atoms with Crippen LogP contribution in [-0.4, -0.2) is 64.6 Å². The van der Waals surface area contributed by atoms with Gasteiger partial charge in [0.15, 0.2) is 0 Å². The second kappa shape index (κ2) is 14.8. The molecule has 2 aliphatic heterocycles. The van der Waals surface area contributed by atoms with Gasteiger partial charge in [-0.05, 0) is 69.6 Å². The molecule has 0 radical (unpaired) electrons. The van der Waals surface area contributed by atoms with Crippen LogP contribution < -0.4 is 11.1 Å². The topological polar surface area (TPSA) is 117 Å². The number of pyridine rings is 1. The van der Waals surface area contributed by atoms with Crippen LogP contribution >= 0.6 is 0 Å². The molecule has 9 nitrogen and oxygen atoms in total. The molecule has 1 aliphatic carbocycles. The number of aromatic nitrogens is 4. The van der Waals surface area contributed by atoms with Crippen molar-refractivity contribution in [1.29, 1.82) is 0 Å². The van der Waals surface area contributed by atoms with E-state index in [4.69, 9.17) is 15.2 Å². The molecule has 0 unspecified atom stereocenters. The molecule has 3 aromatic rings. The van der Waals surface area contributed by atoms with Crippen LogP contribution in [0, 0.1) is 5.82 Å². The van der Waals surface area contributed by atoms with Crippen molar-refractivity contribution in [2.24, 2.45) is 5.73 Å². The third-order valence-electron chi connectivity index (χ3n) is 7.14. The molecule has 3 fully saturated rings. The van der Waals surface area contributed by atoms with E-state index in [1.807, 2.05) is 0 Å². The van der Waals surface area contributed by atoms with Crippen LogP contribution in [0.25, 0.3) is 5.69 Å². The average molecular weight is 557 g/mol. The number of rotatable bonds is 6.